The highest BCUT2D eigenvalue weighted by Gasteiger charge is 2.28. The lowest BCUT2D eigenvalue weighted by molar-refractivity contribution is 0.568. The lowest BCUT2D eigenvalue weighted by atomic mass is 9.77. The predicted molar refractivity (Wildman–Crippen MR) is 383 cm³/mol. The third-order valence-corrected chi connectivity index (χ3v) is 18.3. The van der Waals surface area contributed by atoms with E-state index in [2.05, 4.69) is 347 Å². The van der Waals surface area contributed by atoms with E-state index in [-0.39, 0.29) is 43.3 Å². The summed E-state index contributed by atoms with van der Waals surface area (Å²) in [5, 5.41) is 2.46. The van der Waals surface area contributed by atoms with Gasteiger partial charge in [-0.15, -0.1) is 0 Å². The van der Waals surface area contributed by atoms with Gasteiger partial charge in [-0.25, -0.2) is 0 Å². The standard InChI is InChI=1S/C86H101N/c1-79(2,3)66-40-62(41-67(50-66)80(4,5)6)58-34-56(35-59(38-58)63-42-68(81(7,8)9)51-69(43-63)82(10,11)12)54-30-32-77-75(48-54)76-49-55(31-33-78(76)87(77)74-28-26-25-27-29-74)57-36-60(64-44-70(83(13,14)15)52-71(45-64)84(16,17)18)39-61(37-57)65-46-72(85(19,20)21)53-73(47-65)86(22,23)24/h25-53H,1-24H3. The quantitative estimate of drug-likeness (QED) is 0.150. The van der Waals surface area contributed by atoms with Crippen LogP contribution in [0.2, 0.25) is 0 Å². The summed E-state index contributed by atoms with van der Waals surface area (Å²) in [7, 11) is 0. The molecule has 0 saturated heterocycles. The minimum Gasteiger partial charge on any atom is -0.309 e. The molecule has 0 N–H and O–H groups in total. The van der Waals surface area contributed by atoms with Crippen LogP contribution in [0.1, 0.15) is 211 Å². The molecule has 1 heterocycles. The van der Waals surface area contributed by atoms with Gasteiger partial charge in [0.05, 0.1) is 11.0 Å². The van der Waals surface area contributed by atoms with E-state index >= 15 is 0 Å². The van der Waals surface area contributed by atoms with Crippen molar-refractivity contribution in [3.05, 3.63) is 220 Å². The van der Waals surface area contributed by atoms with E-state index in [9.17, 15) is 0 Å². The molecule has 1 heteroatoms. The van der Waals surface area contributed by atoms with Crippen LogP contribution < -0.4 is 0 Å². The van der Waals surface area contributed by atoms with Gasteiger partial charge in [0.25, 0.3) is 0 Å². The molecule has 87 heavy (non-hydrogen) atoms. The predicted octanol–water partition coefficient (Wildman–Crippen LogP) is 25.2. The number of hydrogen-bond donors (Lipinski definition) is 0. The number of fused-ring (bicyclic) bond motifs is 3. The summed E-state index contributed by atoms with van der Waals surface area (Å²) in [6.07, 6.45) is 0. The summed E-state index contributed by atoms with van der Waals surface area (Å²) in [4.78, 5) is 0. The fourth-order valence-electron chi connectivity index (χ4n) is 12.1. The van der Waals surface area contributed by atoms with Crippen LogP contribution in [0.25, 0.3) is 94.3 Å². The number of aromatic nitrogens is 1. The largest absolute Gasteiger partial charge is 0.309 e. The Morgan fingerprint density at radius 2 is 0.379 bits per heavy atom. The molecule has 10 rings (SSSR count). The van der Waals surface area contributed by atoms with Crippen LogP contribution in [0.4, 0.5) is 0 Å². The Morgan fingerprint density at radius 1 is 0.184 bits per heavy atom. The zero-order chi connectivity index (χ0) is 63.5. The highest BCUT2D eigenvalue weighted by atomic mass is 15.0. The van der Waals surface area contributed by atoms with Crippen molar-refractivity contribution in [2.45, 2.75) is 209 Å². The summed E-state index contributed by atoms with van der Waals surface area (Å²) < 4.78 is 2.47. The van der Waals surface area contributed by atoms with Crippen LogP contribution in [-0.4, -0.2) is 4.57 Å². The summed E-state index contributed by atoms with van der Waals surface area (Å²) in [6.45, 7) is 56.3. The van der Waals surface area contributed by atoms with Gasteiger partial charge in [0.2, 0.25) is 0 Å². The molecule has 0 amide bonds. The molecule has 0 fully saturated rings. The van der Waals surface area contributed by atoms with E-state index in [1.807, 2.05) is 0 Å². The third-order valence-electron chi connectivity index (χ3n) is 18.3. The number of para-hydroxylation sites is 1. The molecule has 9 aromatic carbocycles. The molecule has 0 saturated carbocycles. The van der Waals surface area contributed by atoms with Gasteiger partial charge in [-0.1, -0.05) is 269 Å². The molecule has 0 aliphatic carbocycles. The van der Waals surface area contributed by atoms with E-state index < -0.39 is 0 Å². The lowest BCUT2D eigenvalue weighted by Gasteiger charge is -2.27. The molecule has 0 aliphatic rings. The molecular formula is C86H101N. The van der Waals surface area contributed by atoms with Crippen molar-refractivity contribution in [2.24, 2.45) is 0 Å². The van der Waals surface area contributed by atoms with Crippen LogP contribution in [0.5, 0.6) is 0 Å². The second-order valence-corrected chi connectivity index (χ2v) is 33.9. The second-order valence-electron chi connectivity index (χ2n) is 33.9. The van der Waals surface area contributed by atoms with E-state index in [0.717, 1.165) is 5.69 Å². The summed E-state index contributed by atoms with van der Waals surface area (Å²) in [5.41, 5.74) is 28.9. The van der Waals surface area contributed by atoms with Crippen molar-refractivity contribution in [1.82, 2.24) is 4.57 Å². The highest BCUT2D eigenvalue weighted by Crippen LogP contribution is 2.45. The monoisotopic (exact) mass is 1150 g/mol. The zero-order valence-electron chi connectivity index (χ0n) is 57.7. The fourth-order valence-corrected chi connectivity index (χ4v) is 12.1. The van der Waals surface area contributed by atoms with Gasteiger partial charge >= 0.3 is 0 Å². The first-order valence-electron chi connectivity index (χ1n) is 32.2. The first-order valence-corrected chi connectivity index (χ1v) is 32.2. The zero-order valence-corrected chi connectivity index (χ0v) is 57.7. The summed E-state index contributed by atoms with van der Waals surface area (Å²) in [5.74, 6) is 0. The molecule has 10 aromatic rings. The van der Waals surface area contributed by atoms with Crippen molar-refractivity contribution < 1.29 is 0 Å². The van der Waals surface area contributed by atoms with Crippen LogP contribution >= 0.6 is 0 Å². The molecule has 0 unspecified atom stereocenters. The fraction of sp³-hybridized carbons (Fsp3) is 0.372. The van der Waals surface area contributed by atoms with Gasteiger partial charge < -0.3 is 4.57 Å². The maximum absolute atomic E-state index is 2.49. The minimum absolute atomic E-state index is 0.0287. The van der Waals surface area contributed by atoms with Gasteiger partial charge in [0.1, 0.15) is 0 Å². The van der Waals surface area contributed by atoms with Gasteiger partial charge in [-0.3, -0.25) is 0 Å². The van der Waals surface area contributed by atoms with E-state index in [1.165, 1.54) is 133 Å². The molecule has 0 bridgehead atoms. The molecule has 1 nitrogen and oxygen atoms in total. The van der Waals surface area contributed by atoms with Crippen LogP contribution in [-0.2, 0) is 43.3 Å². The molecular weight excluding hydrogens is 1050 g/mol. The summed E-state index contributed by atoms with van der Waals surface area (Å²) in [6, 6.07) is 69.6. The Hall–Kier alpha value is -7.22. The Morgan fingerprint density at radius 3 is 0.586 bits per heavy atom. The number of benzene rings is 9. The van der Waals surface area contributed by atoms with Crippen LogP contribution in [0.15, 0.2) is 176 Å². The van der Waals surface area contributed by atoms with Crippen molar-refractivity contribution in [1.29, 1.82) is 0 Å². The Balaban J connectivity index is 1.26. The van der Waals surface area contributed by atoms with Gasteiger partial charge in [0, 0.05) is 16.5 Å². The molecule has 0 atom stereocenters. The third kappa shape index (κ3) is 13.3. The first kappa shape index (κ1) is 62.8. The van der Waals surface area contributed by atoms with Crippen molar-refractivity contribution in [3.63, 3.8) is 0 Å². The SMILES string of the molecule is CC(C)(C)c1cc(-c2cc(-c3cc(C(C)(C)C)cc(C(C)(C)C)c3)cc(-c3ccc4c(c3)c3cc(-c5cc(-c6cc(C(C)(C)C)cc(C(C)(C)C)c6)cc(-c6cc(C(C)(C)C)cc(C(C)(C)C)c6)c5)ccc3n4-c3ccccc3)c2)cc(C(C)(C)C)c1. The average Bonchev–Trinajstić information content (AvgIpc) is 1.67. The van der Waals surface area contributed by atoms with E-state index in [4.69, 9.17) is 0 Å². The number of rotatable bonds is 7. The van der Waals surface area contributed by atoms with Crippen molar-refractivity contribution >= 4 is 21.8 Å². The molecule has 1 aromatic heterocycles. The average molecular weight is 1150 g/mol. The smallest absolute Gasteiger partial charge is 0.0541 e. The van der Waals surface area contributed by atoms with E-state index in [0.29, 0.717) is 0 Å². The highest BCUT2D eigenvalue weighted by molar-refractivity contribution is 6.12. The molecule has 0 spiro atoms. The van der Waals surface area contributed by atoms with Gasteiger partial charge in [0.15, 0.2) is 0 Å². The minimum atomic E-state index is -0.0287. The molecule has 0 radical (unpaired) electrons. The maximum atomic E-state index is 2.49. The topological polar surface area (TPSA) is 4.93 Å². The lowest BCUT2D eigenvalue weighted by Crippen LogP contribution is -2.16. The second kappa shape index (κ2) is 21.8. The normalized spacial score (nSPS) is 13.3. The maximum Gasteiger partial charge on any atom is 0.0541 e. The summed E-state index contributed by atoms with van der Waals surface area (Å²) >= 11 is 0. The van der Waals surface area contributed by atoms with Gasteiger partial charge in [-0.05, 0) is 227 Å². The number of nitrogens with zero attached hydrogens (tertiary/aromatic N) is 1. The molecule has 0 aliphatic heterocycles. The Labute approximate surface area is 525 Å². The first-order chi connectivity index (χ1) is 40.1. The number of hydrogen-bond acceptors (Lipinski definition) is 0. The molecule has 450 valence electrons. The Bertz CT molecular complexity index is 3670. The Kier molecular flexibility index (Phi) is 15.8. The van der Waals surface area contributed by atoms with Crippen LogP contribution in [0.3, 0.4) is 0 Å². The van der Waals surface area contributed by atoms with Crippen molar-refractivity contribution in [3.8, 4) is 72.4 Å². The van der Waals surface area contributed by atoms with Crippen LogP contribution in [0, 0.1) is 0 Å². The van der Waals surface area contributed by atoms with E-state index in [1.54, 1.807) is 0 Å². The van der Waals surface area contributed by atoms with Gasteiger partial charge in [-0.2, -0.15) is 0 Å². The van der Waals surface area contributed by atoms with Crippen molar-refractivity contribution in [2.75, 3.05) is 0 Å².